The molecular formula is C25H36N3O2+. The van der Waals surface area contributed by atoms with Crippen molar-refractivity contribution in [2.45, 2.75) is 39.7 Å². The highest BCUT2D eigenvalue weighted by Gasteiger charge is 2.25. The van der Waals surface area contributed by atoms with Gasteiger partial charge in [0.2, 0.25) is 0 Å². The summed E-state index contributed by atoms with van der Waals surface area (Å²) in [6.45, 7) is 12.5. The highest BCUT2D eigenvalue weighted by molar-refractivity contribution is 5.77. The second kappa shape index (κ2) is 9.98. The summed E-state index contributed by atoms with van der Waals surface area (Å²) in [6.07, 6.45) is 0. The summed E-state index contributed by atoms with van der Waals surface area (Å²) >= 11 is 0. The fourth-order valence-corrected chi connectivity index (χ4v) is 4.13. The van der Waals surface area contributed by atoms with Crippen LogP contribution in [0.15, 0.2) is 48.5 Å². The number of quaternary nitrogens is 1. The lowest BCUT2D eigenvalue weighted by atomic mass is 9.93. The zero-order valence-electron chi connectivity index (χ0n) is 18.7. The van der Waals surface area contributed by atoms with E-state index in [-0.39, 0.29) is 17.7 Å². The Balaban J connectivity index is 1.53. The van der Waals surface area contributed by atoms with E-state index in [1.54, 1.807) is 12.1 Å². The number of nitrogens with zero attached hydrogens (tertiary/aromatic N) is 2. The van der Waals surface area contributed by atoms with Gasteiger partial charge in [-0.25, -0.2) is 0 Å². The average Bonchev–Trinajstić information content (AvgIpc) is 2.74. The largest absolute Gasteiger partial charge is 0.508 e. The Hall–Kier alpha value is -2.53. The number of nitrogens with two attached hydrogens (primary N) is 1. The van der Waals surface area contributed by atoms with Gasteiger partial charge in [0.1, 0.15) is 11.8 Å². The highest BCUT2D eigenvalue weighted by atomic mass is 16.3. The third-order valence-electron chi connectivity index (χ3n) is 6.10. The molecule has 5 heteroatoms. The average molecular weight is 411 g/mol. The number of piperazine rings is 1. The molecule has 0 unspecified atom stereocenters. The zero-order chi connectivity index (χ0) is 21.7. The Kier molecular flexibility index (Phi) is 7.38. The maximum Gasteiger partial charge on any atom is 0.277 e. The maximum absolute atomic E-state index is 12.8. The van der Waals surface area contributed by atoms with Gasteiger partial charge in [0.05, 0.1) is 0 Å². The van der Waals surface area contributed by atoms with Gasteiger partial charge in [0.15, 0.2) is 6.54 Å². The van der Waals surface area contributed by atoms with Gasteiger partial charge in [0.25, 0.3) is 5.91 Å². The van der Waals surface area contributed by atoms with Gasteiger partial charge in [0, 0.05) is 43.3 Å². The number of benzene rings is 2. The van der Waals surface area contributed by atoms with Crippen LogP contribution < -0.4 is 10.2 Å². The lowest BCUT2D eigenvalue weighted by Gasteiger charge is -2.36. The number of aromatic hydroxyl groups is 1. The summed E-state index contributed by atoms with van der Waals surface area (Å²) in [7, 11) is 0. The molecule has 1 aliphatic rings. The molecule has 0 saturated carbocycles. The Morgan fingerprint density at radius 2 is 1.47 bits per heavy atom. The van der Waals surface area contributed by atoms with Gasteiger partial charge < -0.3 is 20.2 Å². The van der Waals surface area contributed by atoms with E-state index in [1.165, 1.54) is 11.1 Å². The van der Waals surface area contributed by atoms with Gasteiger partial charge in [-0.3, -0.25) is 4.79 Å². The fraction of sp³-hybridized carbons (Fsp3) is 0.480. The summed E-state index contributed by atoms with van der Waals surface area (Å²) in [5.74, 6) is 1.47. The van der Waals surface area contributed by atoms with Crippen LogP contribution in [0.25, 0.3) is 0 Å². The minimum absolute atomic E-state index is 0.213. The van der Waals surface area contributed by atoms with Gasteiger partial charge in [-0.2, -0.15) is 0 Å². The minimum atomic E-state index is 0.213. The van der Waals surface area contributed by atoms with E-state index in [1.807, 2.05) is 17.0 Å². The van der Waals surface area contributed by atoms with Gasteiger partial charge in [-0.15, -0.1) is 0 Å². The number of hydrogen-bond acceptors (Lipinski definition) is 3. The Labute approximate surface area is 180 Å². The predicted molar refractivity (Wildman–Crippen MR) is 122 cm³/mol. The Morgan fingerprint density at radius 3 is 2.00 bits per heavy atom. The molecule has 1 amide bonds. The first kappa shape index (κ1) is 22.2. The molecule has 0 spiro atoms. The van der Waals surface area contributed by atoms with Crippen LogP contribution in [0.1, 0.15) is 50.8 Å². The molecule has 3 N–H and O–H groups in total. The molecule has 2 aromatic rings. The number of carbonyl (C=O) groups excluding carboxylic acids is 1. The number of phenolic OH excluding ortho intramolecular Hbond substituents is 1. The summed E-state index contributed by atoms with van der Waals surface area (Å²) in [6, 6.07) is 16.4. The number of amides is 1. The third kappa shape index (κ3) is 5.54. The molecule has 30 heavy (non-hydrogen) atoms. The van der Waals surface area contributed by atoms with Crippen molar-refractivity contribution in [1.82, 2.24) is 4.90 Å². The summed E-state index contributed by atoms with van der Waals surface area (Å²) < 4.78 is 0. The second-order valence-electron chi connectivity index (χ2n) is 8.92. The summed E-state index contributed by atoms with van der Waals surface area (Å²) in [4.78, 5) is 17.1. The van der Waals surface area contributed by atoms with Crippen molar-refractivity contribution < 1.29 is 15.2 Å². The van der Waals surface area contributed by atoms with Crippen LogP contribution in [0.4, 0.5) is 5.69 Å². The monoisotopic (exact) mass is 410 g/mol. The molecule has 162 valence electrons. The standard InChI is InChI=1S/C25H35N3O2/c1-18(2)20-5-7-21(8-6-20)25(19(3)4)26-17-24(30)28-15-13-27(14-16-28)22-9-11-23(29)12-10-22/h5-12,18-19,25-26,29H,13-17H2,1-4H3/p+1/t25-/m0/s1. The predicted octanol–water partition coefficient (Wildman–Crippen LogP) is 3.12. The van der Waals surface area contributed by atoms with Crippen molar-refractivity contribution >= 4 is 11.6 Å². The first-order valence-corrected chi connectivity index (χ1v) is 11.1. The van der Waals surface area contributed by atoms with Crippen LogP contribution >= 0.6 is 0 Å². The quantitative estimate of drug-likeness (QED) is 0.737. The maximum atomic E-state index is 12.8. The third-order valence-corrected chi connectivity index (χ3v) is 6.10. The van der Waals surface area contributed by atoms with Gasteiger partial charge in [-0.05, 0) is 35.7 Å². The van der Waals surface area contributed by atoms with E-state index in [9.17, 15) is 9.90 Å². The molecular weight excluding hydrogens is 374 g/mol. The topological polar surface area (TPSA) is 60.4 Å². The molecule has 1 saturated heterocycles. The minimum Gasteiger partial charge on any atom is -0.508 e. The van der Waals surface area contributed by atoms with Crippen LogP contribution in [0.5, 0.6) is 5.75 Å². The van der Waals surface area contributed by atoms with E-state index in [2.05, 4.69) is 62.2 Å². The Bertz CT molecular complexity index is 807. The fourth-order valence-electron chi connectivity index (χ4n) is 4.13. The molecule has 1 aliphatic heterocycles. The Morgan fingerprint density at radius 1 is 0.900 bits per heavy atom. The summed E-state index contributed by atoms with van der Waals surface area (Å²) in [5.41, 5.74) is 3.74. The SMILES string of the molecule is CC(C)c1ccc([C@@H]([NH2+]CC(=O)N2CCN(c3ccc(O)cc3)CC2)C(C)C)cc1. The van der Waals surface area contributed by atoms with E-state index in [4.69, 9.17) is 0 Å². The van der Waals surface area contributed by atoms with Crippen LogP contribution in [0, 0.1) is 5.92 Å². The number of phenols is 1. The van der Waals surface area contributed by atoms with Crippen molar-refractivity contribution in [3.05, 3.63) is 59.7 Å². The van der Waals surface area contributed by atoms with E-state index in [0.717, 1.165) is 31.9 Å². The van der Waals surface area contributed by atoms with E-state index < -0.39 is 0 Å². The molecule has 1 fully saturated rings. The van der Waals surface area contributed by atoms with Gasteiger partial charge in [-0.1, -0.05) is 52.0 Å². The van der Waals surface area contributed by atoms with Crippen molar-refractivity contribution in [1.29, 1.82) is 0 Å². The summed E-state index contributed by atoms with van der Waals surface area (Å²) in [5, 5.41) is 11.7. The second-order valence-corrected chi connectivity index (χ2v) is 8.92. The lowest BCUT2D eigenvalue weighted by molar-refractivity contribution is -0.692. The number of rotatable bonds is 7. The van der Waals surface area contributed by atoms with Gasteiger partial charge >= 0.3 is 0 Å². The zero-order valence-corrected chi connectivity index (χ0v) is 18.7. The molecule has 0 aromatic heterocycles. The molecule has 3 rings (SSSR count). The number of carbonyl (C=O) groups is 1. The van der Waals surface area contributed by atoms with Crippen molar-refractivity contribution in [2.75, 3.05) is 37.6 Å². The van der Waals surface area contributed by atoms with E-state index in [0.29, 0.717) is 18.4 Å². The first-order chi connectivity index (χ1) is 14.3. The van der Waals surface area contributed by atoms with E-state index >= 15 is 0 Å². The number of hydrogen-bond donors (Lipinski definition) is 2. The molecule has 1 atom stereocenters. The molecule has 2 aromatic carbocycles. The van der Waals surface area contributed by atoms with Crippen LogP contribution in [-0.2, 0) is 4.79 Å². The van der Waals surface area contributed by atoms with Crippen molar-refractivity contribution in [2.24, 2.45) is 5.92 Å². The van der Waals surface area contributed by atoms with Crippen molar-refractivity contribution in [3.8, 4) is 5.75 Å². The highest BCUT2D eigenvalue weighted by Crippen LogP contribution is 2.22. The first-order valence-electron chi connectivity index (χ1n) is 11.1. The smallest absolute Gasteiger partial charge is 0.277 e. The van der Waals surface area contributed by atoms with Crippen LogP contribution in [0.3, 0.4) is 0 Å². The van der Waals surface area contributed by atoms with Crippen LogP contribution in [0.2, 0.25) is 0 Å². The lowest BCUT2D eigenvalue weighted by Crippen LogP contribution is -2.88. The molecule has 0 bridgehead atoms. The molecule has 1 heterocycles. The molecule has 0 radical (unpaired) electrons. The number of anilines is 1. The molecule has 5 nitrogen and oxygen atoms in total. The van der Waals surface area contributed by atoms with Crippen LogP contribution in [-0.4, -0.2) is 48.6 Å². The normalized spacial score (nSPS) is 15.7. The van der Waals surface area contributed by atoms with Crippen molar-refractivity contribution in [3.63, 3.8) is 0 Å². The molecule has 0 aliphatic carbocycles.